The van der Waals surface area contributed by atoms with E-state index in [0.29, 0.717) is 41.4 Å². The summed E-state index contributed by atoms with van der Waals surface area (Å²) in [4.78, 5) is 23.6. The van der Waals surface area contributed by atoms with E-state index in [2.05, 4.69) is 77.7 Å². The average molecular weight is 547 g/mol. The first-order valence-corrected chi connectivity index (χ1v) is 14.6. The van der Waals surface area contributed by atoms with Crippen LogP contribution in [0.5, 0.6) is 0 Å². The van der Waals surface area contributed by atoms with Crippen LogP contribution in [0, 0.1) is 5.92 Å². The van der Waals surface area contributed by atoms with Gasteiger partial charge in [0.15, 0.2) is 17.7 Å². The summed E-state index contributed by atoms with van der Waals surface area (Å²) in [5.74, 6) is 2.12. The lowest BCUT2D eigenvalue weighted by Crippen LogP contribution is -2.50. The van der Waals surface area contributed by atoms with E-state index in [9.17, 15) is 5.11 Å². The number of nitrogen functional groups attached to an aromatic ring is 1. The van der Waals surface area contributed by atoms with Crippen LogP contribution in [-0.2, 0) is 16.6 Å². The van der Waals surface area contributed by atoms with Gasteiger partial charge in [0.25, 0.3) is 0 Å². The second kappa shape index (κ2) is 10.4. The van der Waals surface area contributed by atoms with E-state index < -0.39 is 12.3 Å². The highest BCUT2D eigenvalue weighted by molar-refractivity contribution is 5.81. The summed E-state index contributed by atoms with van der Waals surface area (Å²) in [5.41, 5.74) is 10.7. The van der Waals surface area contributed by atoms with Gasteiger partial charge in [-0.1, -0.05) is 26.8 Å². The molecule has 0 bridgehead atoms. The van der Waals surface area contributed by atoms with Crippen LogP contribution in [0.3, 0.4) is 0 Å². The number of H-pyrrole nitrogens is 1. The fraction of sp³-hybridized carbons (Fsp3) is 0.600. The first-order valence-electron chi connectivity index (χ1n) is 14.6. The van der Waals surface area contributed by atoms with E-state index >= 15 is 0 Å². The molecule has 1 saturated heterocycles. The Labute approximate surface area is 235 Å². The van der Waals surface area contributed by atoms with Crippen LogP contribution in [-0.4, -0.2) is 70.3 Å². The Balaban J connectivity index is 1.03. The molecule has 0 radical (unpaired) electrons. The molecule has 4 heterocycles. The number of ether oxygens (including phenoxy) is 1. The normalized spacial score (nSPS) is 25.4. The molecule has 6 rings (SSSR count). The van der Waals surface area contributed by atoms with Crippen LogP contribution in [0.25, 0.3) is 22.2 Å². The van der Waals surface area contributed by atoms with Crippen LogP contribution >= 0.6 is 0 Å². The number of nitrogens with one attached hydrogen (secondary N) is 1. The highest BCUT2D eigenvalue weighted by Crippen LogP contribution is 2.38. The first-order chi connectivity index (χ1) is 19.1. The molecule has 1 aliphatic heterocycles. The van der Waals surface area contributed by atoms with Gasteiger partial charge in [0.1, 0.15) is 23.8 Å². The lowest BCUT2D eigenvalue weighted by molar-refractivity contribution is -0.0577. The van der Waals surface area contributed by atoms with E-state index in [1.54, 1.807) is 10.9 Å². The van der Waals surface area contributed by atoms with Gasteiger partial charge < -0.3 is 20.6 Å². The van der Waals surface area contributed by atoms with Gasteiger partial charge in [-0.2, -0.15) is 0 Å². The Morgan fingerprint density at radius 2 is 1.98 bits per heavy atom. The van der Waals surface area contributed by atoms with E-state index in [4.69, 9.17) is 15.5 Å². The maximum absolute atomic E-state index is 10.9. The van der Waals surface area contributed by atoms with Gasteiger partial charge in [-0.05, 0) is 62.1 Å². The third kappa shape index (κ3) is 5.20. The number of fused-ring (bicyclic) bond motifs is 2. The monoisotopic (exact) mass is 546 g/mol. The average Bonchev–Trinajstić information content (AvgIpc) is 3.57. The van der Waals surface area contributed by atoms with Crippen molar-refractivity contribution in [1.82, 2.24) is 34.4 Å². The second-order valence-corrected chi connectivity index (χ2v) is 13.0. The Kier molecular flexibility index (Phi) is 7.04. The molecule has 4 aromatic rings. The number of nitrogens with two attached hydrogens (primary N) is 1. The lowest BCUT2D eigenvalue weighted by Gasteiger charge is -2.46. The number of aromatic nitrogens is 6. The number of hydrogen-bond acceptors (Lipinski definition) is 8. The molecule has 2 fully saturated rings. The van der Waals surface area contributed by atoms with Gasteiger partial charge in [-0.15, -0.1) is 0 Å². The van der Waals surface area contributed by atoms with Gasteiger partial charge in [0, 0.05) is 31.5 Å². The van der Waals surface area contributed by atoms with Crippen molar-refractivity contribution in [2.24, 2.45) is 5.92 Å². The number of imidazole rings is 2. The fourth-order valence-corrected chi connectivity index (χ4v) is 6.37. The molecule has 1 aromatic carbocycles. The lowest BCUT2D eigenvalue weighted by atomic mass is 9.76. The van der Waals surface area contributed by atoms with Crippen molar-refractivity contribution >= 4 is 28.0 Å². The van der Waals surface area contributed by atoms with Crippen molar-refractivity contribution < 1.29 is 9.84 Å². The van der Waals surface area contributed by atoms with E-state index in [0.717, 1.165) is 36.2 Å². The number of rotatable bonds is 8. The van der Waals surface area contributed by atoms with Gasteiger partial charge in [-0.25, -0.2) is 19.9 Å². The Hall–Kier alpha value is -3.08. The highest BCUT2D eigenvalue weighted by Gasteiger charge is 2.40. The predicted molar refractivity (Wildman–Crippen MR) is 156 cm³/mol. The molecular weight excluding hydrogens is 504 g/mol. The summed E-state index contributed by atoms with van der Waals surface area (Å²) < 4.78 is 8.15. The number of aromatic amines is 1. The molecule has 10 heteroatoms. The molecule has 1 saturated carbocycles. The summed E-state index contributed by atoms with van der Waals surface area (Å²) in [6.45, 7) is 12.0. The molecular formula is C30H42N8O2. The molecule has 4 N–H and O–H groups in total. The molecule has 1 aliphatic carbocycles. The zero-order valence-electron chi connectivity index (χ0n) is 24.2. The maximum atomic E-state index is 10.9. The second-order valence-electron chi connectivity index (χ2n) is 13.0. The molecule has 40 heavy (non-hydrogen) atoms. The summed E-state index contributed by atoms with van der Waals surface area (Å²) in [6.07, 6.45) is 6.90. The fourth-order valence-electron chi connectivity index (χ4n) is 6.37. The molecule has 0 unspecified atom stereocenters. The first kappa shape index (κ1) is 27.1. The van der Waals surface area contributed by atoms with Crippen LogP contribution < -0.4 is 5.73 Å². The Bertz CT molecular complexity index is 1480. The quantitative estimate of drug-likeness (QED) is 0.297. The summed E-state index contributed by atoms with van der Waals surface area (Å²) in [7, 11) is 0. The topological polar surface area (TPSA) is 131 Å². The van der Waals surface area contributed by atoms with Gasteiger partial charge >= 0.3 is 0 Å². The zero-order chi connectivity index (χ0) is 28.2. The van der Waals surface area contributed by atoms with Gasteiger partial charge in [0.2, 0.25) is 0 Å². The van der Waals surface area contributed by atoms with E-state index in [1.165, 1.54) is 24.7 Å². The maximum Gasteiger partial charge on any atom is 0.167 e. The van der Waals surface area contributed by atoms with Crippen molar-refractivity contribution in [3.05, 3.63) is 42.2 Å². The van der Waals surface area contributed by atoms with Gasteiger partial charge in [0.05, 0.1) is 23.5 Å². The summed E-state index contributed by atoms with van der Waals surface area (Å²) in [5, 5.41) is 10.9. The number of anilines is 1. The Morgan fingerprint density at radius 1 is 1.18 bits per heavy atom. The minimum absolute atomic E-state index is 0.0633. The summed E-state index contributed by atoms with van der Waals surface area (Å²) in [6, 6.07) is 7.52. The van der Waals surface area contributed by atoms with Gasteiger partial charge in [-0.3, -0.25) is 9.47 Å². The van der Waals surface area contributed by atoms with Crippen molar-refractivity contribution in [3.8, 4) is 0 Å². The minimum Gasteiger partial charge on any atom is -0.388 e. The Morgan fingerprint density at radius 3 is 2.73 bits per heavy atom. The zero-order valence-corrected chi connectivity index (χ0v) is 24.2. The molecule has 2 aliphatic rings. The molecule has 214 valence electrons. The number of benzene rings is 1. The number of aliphatic hydroxyl groups excluding tert-OH is 1. The molecule has 3 aromatic heterocycles. The summed E-state index contributed by atoms with van der Waals surface area (Å²) >= 11 is 0. The SMILES string of the molecule is CC(C)N(C[C@@H]1C[C@@H](O)[C@H](n2cnc3c(N)ncnc32)O1)C1CC(CCc2nc3ccc(C(C)(C)C)cc3[nH]2)C1. The van der Waals surface area contributed by atoms with Crippen molar-refractivity contribution in [2.45, 2.75) is 103 Å². The van der Waals surface area contributed by atoms with E-state index in [1.807, 2.05) is 0 Å². The van der Waals surface area contributed by atoms with Crippen LogP contribution in [0.15, 0.2) is 30.9 Å². The third-order valence-corrected chi connectivity index (χ3v) is 8.77. The molecule has 0 spiro atoms. The molecule has 0 amide bonds. The highest BCUT2D eigenvalue weighted by atomic mass is 16.5. The molecule has 3 atom stereocenters. The minimum atomic E-state index is -0.634. The van der Waals surface area contributed by atoms with Crippen LogP contribution in [0.2, 0.25) is 0 Å². The smallest absolute Gasteiger partial charge is 0.167 e. The van der Waals surface area contributed by atoms with Crippen molar-refractivity contribution in [2.75, 3.05) is 12.3 Å². The van der Waals surface area contributed by atoms with Crippen LogP contribution in [0.4, 0.5) is 5.82 Å². The van der Waals surface area contributed by atoms with E-state index in [-0.39, 0.29) is 11.5 Å². The largest absolute Gasteiger partial charge is 0.388 e. The standard InChI is InChI=1S/C30H42N8O2/c1-17(2)37(14-21-13-24(39)29(40-21)38-16-34-26-27(31)32-15-33-28(26)38)20-10-18(11-20)6-9-25-35-22-8-7-19(30(3,4)5)12-23(22)36-25/h7-8,12,15-18,20-21,24,29,39H,6,9-11,13-14H2,1-5H3,(H,35,36)(H2,31,32,33)/t18?,20?,21-,24+,29+/m0/s1. The van der Waals surface area contributed by atoms with Crippen molar-refractivity contribution in [1.29, 1.82) is 0 Å². The number of aliphatic hydroxyl groups is 1. The number of aryl methyl sites for hydroxylation is 1. The predicted octanol–water partition coefficient (Wildman–Crippen LogP) is 4.35. The number of nitrogens with zero attached hydrogens (tertiary/aromatic N) is 6. The van der Waals surface area contributed by atoms with Crippen molar-refractivity contribution in [3.63, 3.8) is 0 Å². The molecule has 10 nitrogen and oxygen atoms in total. The third-order valence-electron chi connectivity index (χ3n) is 8.77. The number of hydrogen-bond donors (Lipinski definition) is 3. The van der Waals surface area contributed by atoms with Crippen LogP contribution in [0.1, 0.15) is 77.9 Å².